The van der Waals surface area contributed by atoms with Crippen molar-refractivity contribution in [2.75, 3.05) is 38.2 Å². The number of piperazine rings is 1. The second-order valence-corrected chi connectivity index (χ2v) is 6.61. The molecule has 0 aliphatic carbocycles. The Balaban J connectivity index is 1.54. The SMILES string of the molecule is COCc1c(C(=O)N2CCN(c3ccccc3O)CC2)oc2ccccc12. The van der Waals surface area contributed by atoms with Crippen LogP contribution >= 0.6 is 0 Å². The Labute approximate surface area is 157 Å². The Morgan fingerprint density at radius 2 is 1.78 bits per heavy atom. The quantitative estimate of drug-likeness (QED) is 0.768. The summed E-state index contributed by atoms with van der Waals surface area (Å²) in [6.07, 6.45) is 0. The van der Waals surface area contributed by atoms with Crippen molar-refractivity contribution in [3.63, 3.8) is 0 Å². The molecule has 0 unspecified atom stereocenters. The van der Waals surface area contributed by atoms with Crippen LogP contribution in [0.2, 0.25) is 0 Å². The smallest absolute Gasteiger partial charge is 0.290 e. The maximum atomic E-state index is 13.1. The molecule has 1 fully saturated rings. The minimum Gasteiger partial charge on any atom is -0.506 e. The molecule has 1 aliphatic heterocycles. The molecule has 1 aliphatic rings. The van der Waals surface area contributed by atoms with Gasteiger partial charge in [-0.3, -0.25) is 4.79 Å². The molecule has 0 saturated carbocycles. The zero-order valence-electron chi connectivity index (χ0n) is 15.2. The third kappa shape index (κ3) is 3.24. The van der Waals surface area contributed by atoms with E-state index in [0.29, 0.717) is 44.1 Å². The van der Waals surface area contributed by atoms with Crippen LogP contribution in [-0.4, -0.2) is 49.2 Å². The number of benzene rings is 2. The van der Waals surface area contributed by atoms with Crippen LogP contribution in [-0.2, 0) is 11.3 Å². The van der Waals surface area contributed by atoms with Gasteiger partial charge < -0.3 is 24.1 Å². The molecule has 0 bridgehead atoms. The van der Waals surface area contributed by atoms with Crippen LogP contribution in [0.15, 0.2) is 52.9 Å². The molecular formula is C21H22N2O4. The number of para-hydroxylation sites is 3. The zero-order valence-corrected chi connectivity index (χ0v) is 15.2. The fraction of sp³-hybridized carbons (Fsp3) is 0.286. The molecule has 1 N–H and O–H groups in total. The summed E-state index contributed by atoms with van der Waals surface area (Å²) in [6, 6.07) is 14.9. The van der Waals surface area contributed by atoms with Crippen LogP contribution in [0.3, 0.4) is 0 Å². The largest absolute Gasteiger partial charge is 0.506 e. The van der Waals surface area contributed by atoms with Gasteiger partial charge in [-0.1, -0.05) is 30.3 Å². The lowest BCUT2D eigenvalue weighted by Gasteiger charge is -2.36. The van der Waals surface area contributed by atoms with Gasteiger partial charge in [-0.15, -0.1) is 0 Å². The summed E-state index contributed by atoms with van der Waals surface area (Å²) in [5, 5.41) is 11.0. The molecule has 0 radical (unpaired) electrons. The van der Waals surface area contributed by atoms with Gasteiger partial charge in [0.05, 0.1) is 12.3 Å². The summed E-state index contributed by atoms with van der Waals surface area (Å²) in [5.74, 6) is 0.501. The molecular weight excluding hydrogens is 344 g/mol. The van der Waals surface area contributed by atoms with Gasteiger partial charge in [0.25, 0.3) is 5.91 Å². The highest BCUT2D eigenvalue weighted by Gasteiger charge is 2.28. The Hall–Kier alpha value is -2.99. The van der Waals surface area contributed by atoms with Crippen LogP contribution in [0, 0.1) is 0 Å². The molecule has 0 spiro atoms. The molecule has 0 atom stereocenters. The van der Waals surface area contributed by atoms with E-state index in [1.54, 1.807) is 24.1 Å². The summed E-state index contributed by atoms with van der Waals surface area (Å²) < 4.78 is 11.2. The van der Waals surface area contributed by atoms with Gasteiger partial charge in [-0.25, -0.2) is 0 Å². The lowest BCUT2D eigenvalue weighted by atomic mass is 10.1. The standard InChI is InChI=1S/C21H22N2O4/c1-26-14-16-15-6-2-5-9-19(15)27-20(16)21(25)23-12-10-22(11-13-23)17-7-3-4-8-18(17)24/h2-9,24H,10-14H2,1H3. The normalized spacial score (nSPS) is 14.7. The zero-order chi connectivity index (χ0) is 18.8. The van der Waals surface area contributed by atoms with E-state index in [-0.39, 0.29) is 11.7 Å². The van der Waals surface area contributed by atoms with E-state index in [0.717, 1.165) is 16.6 Å². The van der Waals surface area contributed by atoms with Crippen LogP contribution in [0.4, 0.5) is 5.69 Å². The van der Waals surface area contributed by atoms with Crippen LogP contribution in [0.5, 0.6) is 5.75 Å². The number of nitrogens with zero attached hydrogens (tertiary/aromatic N) is 2. The van der Waals surface area contributed by atoms with Crippen molar-refractivity contribution in [2.45, 2.75) is 6.61 Å². The third-order valence-corrected chi connectivity index (χ3v) is 4.97. The fourth-order valence-electron chi connectivity index (χ4n) is 3.58. The minimum absolute atomic E-state index is 0.116. The molecule has 1 saturated heterocycles. The van der Waals surface area contributed by atoms with E-state index >= 15 is 0 Å². The van der Waals surface area contributed by atoms with Crippen molar-refractivity contribution in [2.24, 2.45) is 0 Å². The molecule has 1 aromatic heterocycles. The minimum atomic E-state index is -0.116. The van der Waals surface area contributed by atoms with E-state index in [1.807, 2.05) is 36.4 Å². The van der Waals surface area contributed by atoms with Gasteiger partial charge in [-0.05, 0) is 18.2 Å². The van der Waals surface area contributed by atoms with Crippen LogP contribution < -0.4 is 4.90 Å². The summed E-state index contributed by atoms with van der Waals surface area (Å²) >= 11 is 0. The predicted octanol–water partition coefficient (Wildman–Crippen LogP) is 3.25. The molecule has 3 aromatic rings. The monoisotopic (exact) mass is 366 g/mol. The molecule has 2 heterocycles. The number of hydrogen-bond acceptors (Lipinski definition) is 5. The molecule has 2 aromatic carbocycles. The van der Waals surface area contributed by atoms with Crippen molar-refractivity contribution in [1.82, 2.24) is 4.90 Å². The number of rotatable bonds is 4. The number of carbonyl (C=O) groups is 1. The Bertz CT molecular complexity index is 958. The number of hydrogen-bond donors (Lipinski definition) is 1. The predicted molar refractivity (Wildman–Crippen MR) is 103 cm³/mol. The van der Waals surface area contributed by atoms with Crippen molar-refractivity contribution >= 4 is 22.6 Å². The molecule has 6 nitrogen and oxygen atoms in total. The Morgan fingerprint density at radius 3 is 2.52 bits per heavy atom. The number of phenolic OH excluding ortho intramolecular Hbond substituents is 1. The maximum Gasteiger partial charge on any atom is 0.290 e. The first-order valence-corrected chi connectivity index (χ1v) is 9.00. The van der Waals surface area contributed by atoms with E-state index in [1.165, 1.54) is 0 Å². The number of anilines is 1. The van der Waals surface area contributed by atoms with Crippen molar-refractivity contribution < 1.29 is 19.1 Å². The number of methoxy groups -OCH3 is 1. The van der Waals surface area contributed by atoms with Crippen molar-refractivity contribution in [3.8, 4) is 5.75 Å². The lowest BCUT2D eigenvalue weighted by molar-refractivity contribution is 0.0710. The number of amides is 1. The Kier molecular flexibility index (Phi) is 4.73. The molecule has 1 amide bonds. The average Bonchev–Trinajstić information content (AvgIpc) is 3.07. The molecule has 140 valence electrons. The van der Waals surface area contributed by atoms with Gasteiger partial charge >= 0.3 is 0 Å². The third-order valence-electron chi connectivity index (χ3n) is 4.97. The highest BCUT2D eigenvalue weighted by molar-refractivity contribution is 5.99. The second-order valence-electron chi connectivity index (χ2n) is 6.61. The fourth-order valence-corrected chi connectivity index (χ4v) is 3.58. The van der Waals surface area contributed by atoms with Gasteiger partial charge in [0.2, 0.25) is 0 Å². The highest BCUT2D eigenvalue weighted by Crippen LogP contribution is 2.30. The molecule has 4 rings (SSSR count). The van der Waals surface area contributed by atoms with Gasteiger partial charge in [0.1, 0.15) is 11.3 Å². The first-order valence-electron chi connectivity index (χ1n) is 9.00. The average molecular weight is 366 g/mol. The molecule has 6 heteroatoms. The number of aromatic hydroxyl groups is 1. The number of furan rings is 1. The topological polar surface area (TPSA) is 66.2 Å². The molecule has 27 heavy (non-hydrogen) atoms. The van der Waals surface area contributed by atoms with Gasteiger partial charge in [-0.2, -0.15) is 0 Å². The van der Waals surface area contributed by atoms with E-state index < -0.39 is 0 Å². The van der Waals surface area contributed by atoms with E-state index in [4.69, 9.17) is 9.15 Å². The number of phenols is 1. The maximum absolute atomic E-state index is 13.1. The summed E-state index contributed by atoms with van der Waals surface area (Å²) in [5.41, 5.74) is 2.29. The summed E-state index contributed by atoms with van der Waals surface area (Å²) in [4.78, 5) is 17.0. The van der Waals surface area contributed by atoms with E-state index in [2.05, 4.69) is 4.90 Å². The number of fused-ring (bicyclic) bond motifs is 1. The van der Waals surface area contributed by atoms with Crippen LogP contribution in [0.1, 0.15) is 16.1 Å². The van der Waals surface area contributed by atoms with E-state index in [9.17, 15) is 9.90 Å². The highest BCUT2D eigenvalue weighted by atomic mass is 16.5. The first kappa shape index (κ1) is 17.4. The number of carbonyl (C=O) groups excluding carboxylic acids is 1. The first-order chi connectivity index (χ1) is 13.2. The van der Waals surface area contributed by atoms with Crippen molar-refractivity contribution in [3.05, 3.63) is 59.9 Å². The van der Waals surface area contributed by atoms with Gasteiger partial charge in [0, 0.05) is 44.2 Å². The summed E-state index contributed by atoms with van der Waals surface area (Å²) in [6.45, 7) is 2.77. The summed E-state index contributed by atoms with van der Waals surface area (Å²) in [7, 11) is 1.61. The number of ether oxygens (including phenoxy) is 1. The second kappa shape index (κ2) is 7.32. The Morgan fingerprint density at radius 1 is 1.07 bits per heavy atom. The van der Waals surface area contributed by atoms with Gasteiger partial charge in [0.15, 0.2) is 5.76 Å². The van der Waals surface area contributed by atoms with Crippen molar-refractivity contribution in [1.29, 1.82) is 0 Å². The lowest BCUT2D eigenvalue weighted by Crippen LogP contribution is -2.48. The van der Waals surface area contributed by atoms with Crippen LogP contribution in [0.25, 0.3) is 11.0 Å².